The number of carbonyl (C=O) groups excluding carboxylic acids is 1. The standard InChI is InChI=1S/C21H25Cl2N3O3S/c1-3-24-10-12-25(13-11-24)21(27)26(15-17-6-7-18(22)14-20(17)23)30(28,29)19-8-4-16(2)5-9-19/h4-9,14H,3,10-13,15H2,1-2H3. The predicted molar refractivity (Wildman–Crippen MR) is 119 cm³/mol. The Morgan fingerprint density at radius 1 is 1.03 bits per heavy atom. The first-order valence-electron chi connectivity index (χ1n) is 9.77. The fourth-order valence-corrected chi connectivity index (χ4v) is 5.14. The van der Waals surface area contributed by atoms with Crippen molar-refractivity contribution >= 4 is 39.3 Å². The second-order valence-electron chi connectivity index (χ2n) is 7.26. The average Bonchev–Trinajstić information content (AvgIpc) is 2.73. The number of hydrogen-bond acceptors (Lipinski definition) is 4. The van der Waals surface area contributed by atoms with Gasteiger partial charge in [-0.15, -0.1) is 0 Å². The maximum Gasteiger partial charge on any atom is 0.334 e. The van der Waals surface area contributed by atoms with E-state index in [0.29, 0.717) is 41.8 Å². The van der Waals surface area contributed by atoms with Gasteiger partial charge in [0.05, 0.1) is 11.4 Å². The molecule has 1 aliphatic heterocycles. The van der Waals surface area contributed by atoms with Gasteiger partial charge in [0.15, 0.2) is 0 Å². The third-order valence-corrected chi connectivity index (χ3v) is 7.56. The van der Waals surface area contributed by atoms with E-state index in [2.05, 4.69) is 11.8 Å². The maximum atomic E-state index is 13.4. The molecule has 1 aliphatic rings. The number of rotatable bonds is 5. The average molecular weight is 470 g/mol. The molecule has 0 saturated carbocycles. The van der Waals surface area contributed by atoms with Gasteiger partial charge < -0.3 is 9.80 Å². The summed E-state index contributed by atoms with van der Waals surface area (Å²) in [7, 11) is -4.07. The molecule has 1 heterocycles. The lowest BCUT2D eigenvalue weighted by atomic mass is 10.2. The number of halogens is 2. The number of piperazine rings is 1. The molecule has 0 radical (unpaired) electrons. The topological polar surface area (TPSA) is 60.9 Å². The van der Waals surface area contributed by atoms with Gasteiger partial charge in [-0.1, -0.05) is 53.9 Å². The lowest BCUT2D eigenvalue weighted by Crippen LogP contribution is -2.53. The summed E-state index contributed by atoms with van der Waals surface area (Å²) in [6, 6.07) is 10.7. The summed E-state index contributed by atoms with van der Waals surface area (Å²) in [5, 5.41) is 0.758. The van der Waals surface area contributed by atoms with Crippen molar-refractivity contribution in [1.29, 1.82) is 0 Å². The number of amides is 2. The Labute approximate surface area is 188 Å². The minimum atomic E-state index is -4.07. The van der Waals surface area contributed by atoms with Gasteiger partial charge >= 0.3 is 6.03 Å². The molecule has 162 valence electrons. The number of carbonyl (C=O) groups is 1. The Morgan fingerprint density at radius 2 is 1.67 bits per heavy atom. The summed E-state index contributed by atoms with van der Waals surface area (Å²) in [4.78, 5) is 17.2. The van der Waals surface area contributed by atoms with E-state index in [9.17, 15) is 13.2 Å². The fraction of sp³-hybridized carbons (Fsp3) is 0.381. The number of aryl methyl sites for hydroxylation is 1. The van der Waals surface area contributed by atoms with E-state index in [1.807, 2.05) is 6.92 Å². The molecule has 0 aromatic heterocycles. The number of benzene rings is 2. The first-order valence-corrected chi connectivity index (χ1v) is 12.0. The molecule has 9 heteroatoms. The first-order chi connectivity index (χ1) is 14.2. The second kappa shape index (κ2) is 9.56. The number of likely N-dealkylation sites (N-methyl/N-ethyl adjacent to an activating group) is 1. The Morgan fingerprint density at radius 3 is 2.23 bits per heavy atom. The minimum Gasteiger partial charge on any atom is -0.321 e. The van der Waals surface area contributed by atoms with Gasteiger partial charge in [-0.05, 0) is 43.3 Å². The largest absolute Gasteiger partial charge is 0.334 e. The quantitative estimate of drug-likeness (QED) is 0.656. The molecule has 0 N–H and O–H groups in total. The smallest absolute Gasteiger partial charge is 0.321 e. The van der Waals surface area contributed by atoms with Crippen molar-refractivity contribution in [3.63, 3.8) is 0 Å². The molecule has 3 rings (SSSR count). The van der Waals surface area contributed by atoms with E-state index in [0.717, 1.165) is 16.4 Å². The van der Waals surface area contributed by atoms with Crippen LogP contribution < -0.4 is 0 Å². The highest BCUT2D eigenvalue weighted by molar-refractivity contribution is 7.89. The normalized spacial score (nSPS) is 15.3. The summed E-state index contributed by atoms with van der Waals surface area (Å²) in [5.74, 6) is 0. The summed E-state index contributed by atoms with van der Waals surface area (Å²) in [6.07, 6.45) is 0. The lowest BCUT2D eigenvalue weighted by molar-refractivity contribution is 0.129. The molecule has 1 saturated heterocycles. The van der Waals surface area contributed by atoms with E-state index in [-0.39, 0.29) is 11.4 Å². The molecular weight excluding hydrogens is 445 g/mol. The molecule has 2 aromatic carbocycles. The molecule has 1 fully saturated rings. The summed E-state index contributed by atoms with van der Waals surface area (Å²) >= 11 is 12.3. The fourth-order valence-electron chi connectivity index (χ4n) is 3.31. The summed E-state index contributed by atoms with van der Waals surface area (Å²) in [5.41, 5.74) is 1.44. The van der Waals surface area contributed by atoms with Crippen LogP contribution in [0.5, 0.6) is 0 Å². The Balaban J connectivity index is 1.95. The van der Waals surface area contributed by atoms with Crippen LogP contribution in [0.25, 0.3) is 0 Å². The molecule has 2 amide bonds. The molecule has 30 heavy (non-hydrogen) atoms. The van der Waals surface area contributed by atoms with Crippen LogP contribution in [0.2, 0.25) is 10.0 Å². The van der Waals surface area contributed by atoms with Crippen molar-refractivity contribution in [1.82, 2.24) is 14.1 Å². The van der Waals surface area contributed by atoms with Crippen molar-refractivity contribution in [2.75, 3.05) is 32.7 Å². The van der Waals surface area contributed by atoms with Gasteiger partial charge in [-0.25, -0.2) is 17.5 Å². The highest BCUT2D eigenvalue weighted by atomic mass is 35.5. The van der Waals surface area contributed by atoms with E-state index in [1.54, 1.807) is 35.2 Å². The number of sulfonamides is 1. The van der Waals surface area contributed by atoms with Crippen LogP contribution in [0.15, 0.2) is 47.4 Å². The minimum absolute atomic E-state index is 0.0683. The van der Waals surface area contributed by atoms with Crippen molar-refractivity contribution in [2.45, 2.75) is 25.3 Å². The van der Waals surface area contributed by atoms with Crippen LogP contribution >= 0.6 is 23.2 Å². The van der Waals surface area contributed by atoms with Crippen molar-refractivity contribution in [3.8, 4) is 0 Å². The molecule has 0 spiro atoms. The zero-order valence-electron chi connectivity index (χ0n) is 17.0. The van der Waals surface area contributed by atoms with Crippen LogP contribution in [0.3, 0.4) is 0 Å². The van der Waals surface area contributed by atoms with Crippen LogP contribution in [0, 0.1) is 6.92 Å². The van der Waals surface area contributed by atoms with Crippen molar-refractivity contribution in [2.24, 2.45) is 0 Å². The van der Waals surface area contributed by atoms with E-state index >= 15 is 0 Å². The van der Waals surface area contributed by atoms with Gasteiger partial charge in [0.25, 0.3) is 10.0 Å². The number of urea groups is 1. The van der Waals surface area contributed by atoms with Crippen LogP contribution in [-0.4, -0.2) is 61.3 Å². The molecule has 0 aliphatic carbocycles. The predicted octanol–water partition coefficient (Wildman–Crippen LogP) is 4.25. The third kappa shape index (κ3) is 5.09. The SMILES string of the molecule is CCN1CCN(C(=O)N(Cc2ccc(Cl)cc2Cl)S(=O)(=O)c2ccc(C)cc2)CC1. The van der Waals surface area contributed by atoms with E-state index in [4.69, 9.17) is 23.2 Å². The van der Waals surface area contributed by atoms with Gasteiger partial charge in [-0.3, -0.25) is 0 Å². The van der Waals surface area contributed by atoms with Crippen LogP contribution in [0.1, 0.15) is 18.1 Å². The van der Waals surface area contributed by atoms with Crippen molar-refractivity contribution < 1.29 is 13.2 Å². The number of nitrogens with zero attached hydrogens (tertiary/aromatic N) is 3. The Bertz CT molecular complexity index is 1000. The first kappa shape index (κ1) is 22.9. The third-order valence-electron chi connectivity index (χ3n) is 5.24. The molecule has 0 unspecified atom stereocenters. The van der Waals surface area contributed by atoms with E-state index < -0.39 is 16.1 Å². The van der Waals surface area contributed by atoms with E-state index in [1.165, 1.54) is 12.1 Å². The van der Waals surface area contributed by atoms with Gasteiger partial charge in [0.2, 0.25) is 0 Å². The highest BCUT2D eigenvalue weighted by Gasteiger charge is 2.34. The van der Waals surface area contributed by atoms with Crippen molar-refractivity contribution in [3.05, 3.63) is 63.6 Å². The van der Waals surface area contributed by atoms with Gasteiger partial charge in [0.1, 0.15) is 0 Å². The second-order valence-corrected chi connectivity index (χ2v) is 9.97. The van der Waals surface area contributed by atoms with Gasteiger partial charge in [0, 0.05) is 36.2 Å². The zero-order valence-corrected chi connectivity index (χ0v) is 19.3. The van der Waals surface area contributed by atoms with Gasteiger partial charge in [-0.2, -0.15) is 0 Å². The van der Waals surface area contributed by atoms with Crippen LogP contribution in [0.4, 0.5) is 4.79 Å². The molecular formula is C21H25Cl2N3O3S. The maximum absolute atomic E-state index is 13.4. The summed E-state index contributed by atoms with van der Waals surface area (Å²) < 4.78 is 27.8. The monoisotopic (exact) mass is 469 g/mol. The molecule has 6 nitrogen and oxygen atoms in total. The zero-order chi connectivity index (χ0) is 21.9. The molecule has 0 atom stereocenters. The van der Waals surface area contributed by atoms with Crippen LogP contribution in [-0.2, 0) is 16.6 Å². The Kier molecular flexibility index (Phi) is 7.29. The lowest BCUT2D eigenvalue weighted by Gasteiger charge is -2.36. The summed E-state index contributed by atoms with van der Waals surface area (Å²) in [6.45, 7) is 7.04. The molecule has 2 aromatic rings. The number of hydrogen-bond donors (Lipinski definition) is 0. The molecule has 0 bridgehead atoms. The Hall–Kier alpha value is -1.80. The highest BCUT2D eigenvalue weighted by Crippen LogP contribution is 2.26.